The number of benzene rings is 1. The highest BCUT2D eigenvalue weighted by Gasteiger charge is 2.42. The number of fused-ring (bicyclic) bond motifs is 1. The number of halogens is 3. The fourth-order valence-corrected chi connectivity index (χ4v) is 4.81. The summed E-state index contributed by atoms with van der Waals surface area (Å²) in [6.45, 7) is 2.40. The first-order valence-electron chi connectivity index (χ1n) is 12.2. The molecule has 39 heavy (non-hydrogen) atoms. The van der Waals surface area contributed by atoms with Gasteiger partial charge in [-0.15, -0.1) is 0 Å². The van der Waals surface area contributed by atoms with Gasteiger partial charge >= 0.3 is 0 Å². The molecular formula is C26H24F3N9O. The lowest BCUT2D eigenvalue weighted by Gasteiger charge is -2.35. The molecule has 0 amide bonds. The fourth-order valence-electron chi connectivity index (χ4n) is 4.81. The standard InChI is InChI=1S/C26H24F3N9O/c1-35-14-18(11-33-35)17-10-22-23(32-16-34-38(22)15-17)36-6-8-37(9-7-36)25-30-12-20(13-31-25)26(39,24(28)29)19-2-4-21(27)5-3-19/h2-5,10-16,24,39H,6-9H2,1H3. The Morgan fingerprint density at radius 3 is 2.18 bits per heavy atom. The van der Waals surface area contributed by atoms with Gasteiger partial charge < -0.3 is 14.9 Å². The van der Waals surface area contributed by atoms with Crippen molar-refractivity contribution in [2.75, 3.05) is 36.0 Å². The van der Waals surface area contributed by atoms with E-state index in [1.807, 2.05) is 30.4 Å². The minimum atomic E-state index is -3.17. The molecule has 1 fully saturated rings. The Labute approximate surface area is 221 Å². The number of piperazine rings is 1. The highest BCUT2D eigenvalue weighted by atomic mass is 19.3. The minimum Gasteiger partial charge on any atom is -0.375 e. The van der Waals surface area contributed by atoms with E-state index in [9.17, 15) is 18.3 Å². The van der Waals surface area contributed by atoms with Crippen LogP contribution in [0.15, 0.2) is 67.6 Å². The van der Waals surface area contributed by atoms with Gasteiger partial charge in [-0.05, 0) is 23.8 Å². The lowest BCUT2D eigenvalue weighted by Crippen LogP contribution is -2.47. The lowest BCUT2D eigenvalue weighted by molar-refractivity contribution is -0.0722. The number of hydrogen-bond donors (Lipinski definition) is 1. The van der Waals surface area contributed by atoms with E-state index in [1.165, 1.54) is 18.7 Å². The zero-order chi connectivity index (χ0) is 27.1. The molecule has 0 aliphatic carbocycles. The van der Waals surface area contributed by atoms with E-state index >= 15 is 0 Å². The summed E-state index contributed by atoms with van der Waals surface area (Å²) < 4.78 is 44.8. The number of hydrogen-bond acceptors (Lipinski definition) is 8. The summed E-state index contributed by atoms with van der Waals surface area (Å²) in [6.07, 6.45) is 6.42. The molecule has 1 atom stereocenters. The van der Waals surface area contributed by atoms with Crippen LogP contribution in [0, 0.1) is 5.82 Å². The molecule has 1 N–H and O–H groups in total. The van der Waals surface area contributed by atoms with Crippen LogP contribution in [-0.4, -0.2) is 72.1 Å². The number of anilines is 2. The molecule has 1 aliphatic heterocycles. The first-order chi connectivity index (χ1) is 18.8. The number of aliphatic hydroxyl groups is 1. The van der Waals surface area contributed by atoms with Crippen molar-refractivity contribution in [1.29, 1.82) is 0 Å². The number of alkyl halides is 2. The zero-order valence-electron chi connectivity index (χ0n) is 20.9. The Morgan fingerprint density at radius 1 is 0.846 bits per heavy atom. The van der Waals surface area contributed by atoms with Gasteiger partial charge in [-0.3, -0.25) is 4.68 Å². The first-order valence-corrected chi connectivity index (χ1v) is 12.2. The van der Waals surface area contributed by atoms with Gasteiger partial charge in [0.25, 0.3) is 6.43 Å². The molecule has 1 saturated heterocycles. The van der Waals surface area contributed by atoms with Gasteiger partial charge in [-0.25, -0.2) is 32.6 Å². The quantitative estimate of drug-likeness (QED) is 0.354. The van der Waals surface area contributed by atoms with Crippen molar-refractivity contribution in [1.82, 2.24) is 34.3 Å². The summed E-state index contributed by atoms with van der Waals surface area (Å²) in [5.74, 6) is 0.579. The van der Waals surface area contributed by atoms with E-state index in [4.69, 9.17) is 0 Å². The van der Waals surface area contributed by atoms with E-state index < -0.39 is 17.8 Å². The molecule has 13 heteroatoms. The van der Waals surface area contributed by atoms with E-state index in [-0.39, 0.29) is 11.1 Å². The van der Waals surface area contributed by atoms with Crippen LogP contribution in [0.2, 0.25) is 0 Å². The van der Waals surface area contributed by atoms with Gasteiger partial charge in [-0.2, -0.15) is 10.2 Å². The average Bonchev–Trinajstić information content (AvgIpc) is 3.59. The molecule has 5 heterocycles. The molecule has 10 nitrogen and oxygen atoms in total. The molecule has 0 radical (unpaired) electrons. The SMILES string of the molecule is Cn1cc(-c2cc3c(N4CCN(c5ncc(C(O)(c6ccc(F)cc6)C(F)F)cn5)CC4)ncnn3c2)cn1. The van der Waals surface area contributed by atoms with E-state index in [0.717, 1.165) is 46.7 Å². The maximum atomic E-state index is 14.0. The maximum Gasteiger partial charge on any atom is 0.275 e. The smallest absolute Gasteiger partial charge is 0.275 e. The predicted molar refractivity (Wildman–Crippen MR) is 137 cm³/mol. The Balaban J connectivity index is 1.18. The number of rotatable bonds is 6. The third-order valence-corrected chi connectivity index (χ3v) is 6.96. The second-order valence-corrected chi connectivity index (χ2v) is 9.36. The van der Waals surface area contributed by atoms with Crippen molar-refractivity contribution in [2.24, 2.45) is 7.05 Å². The highest BCUT2D eigenvalue weighted by molar-refractivity contribution is 5.77. The Kier molecular flexibility index (Phi) is 6.14. The van der Waals surface area contributed by atoms with Gasteiger partial charge in [0.1, 0.15) is 17.7 Å². The Morgan fingerprint density at radius 2 is 1.54 bits per heavy atom. The van der Waals surface area contributed by atoms with Crippen LogP contribution >= 0.6 is 0 Å². The van der Waals surface area contributed by atoms with Crippen molar-refractivity contribution in [3.05, 3.63) is 84.6 Å². The largest absolute Gasteiger partial charge is 0.375 e. The van der Waals surface area contributed by atoms with Gasteiger partial charge in [0.15, 0.2) is 11.4 Å². The van der Waals surface area contributed by atoms with Crippen LogP contribution in [-0.2, 0) is 12.6 Å². The Bertz CT molecular complexity index is 1600. The molecule has 1 aliphatic rings. The normalized spacial score (nSPS) is 15.7. The lowest BCUT2D eigenvalue weighted by atomic mass is 9.88. The third-order valence-electron chi connectivity index (χ3n) is 6.96. The van der Waals surface area contributed by atoms with Crippen LogP contribution in [0.1, 0.15) is 11.1 Å². The number of nitrogens with zero attached hydrogens (tertiary/aromatic N) is 9. The second kappa shape index (κ2) is 9.66. The van der Waals surface area contributed by atoms with Crippen LogP contribution in [0.3, 0.4) is 0 Å². The summed E-state index contributed by atoms with van der Waals surface area (Å²) in [6, 6.07) is 6.34. The van der Waals surface area contributed by atoms with Gasteiger partial charge in [0, 0.05) is 74.7 Å². The van der Waals surface area contributed by atoms with Gasteiger partial charge in [0.2, 0.25) is 5.95 Å². The molecular weight excluding hydrogens is 511 g/mol. The molecule has 6 rings (SSSR count). The van der Waals surface area contributed by atoms with Gasteiger partial charge in [-0.1, -0.05) is 12.1 Å². The van der Waals surface area contributed by atoms with Crippen molar-refractivity contribution in [3.8, 4) is 11.1 Å². The van der Waals surface area contributed by atoms with Crippen molar-refractivity contribution < 1.29 is 18.3 Å². The summed E-state index contributed by atoms with van der Waals surface area (Å²) in [5, 5.41) is 19.4. The van der Waals surface area contributed by atoms with Crippen LogP contribution in [0.4, 0.5) is 24.9 Å². The van der Waals surface area contributed by atoms with Gasteiger partial charge in [0.05, 0.1) is 6.20 Å². The monoisotopic (exact) mass is 535 g/mol. The van der Waals surface area contributed by atoms with Crippen LogP contribution in [0.25, 0.3) is 16.6 Å². The number of aromatic nitrogens is 7. The Hall–Kier alpha value is -4.52. The van der Waals surface area contributed by atoms with Crippen molar-refractivity contribution in [3.63, 3.8) is 0 Å². The van der Waals surface area contributed by atoms with Crippen molar-refractivity contribution >= 4 is 17.3 Å². The topological polar surface area (TPSA) is 100 Å². The van der Waals surface area contributed by atoms with Crippen LogP contribution < -0.4 is 9.80 Å². The molecule has 4 aromatic heterocycles. The minimum absolute atomic E-state index is 0.142. The molecule has 5 aromatic rings. The fraction of sp³-hybridized carbons (Fsp3) is 0.269. The summed E-state index contributed by atoms with van der Waals surface area (Å²) in [7, 11) is 1.87. The second-order valence-electron chi connectivity index (χ2n) is 9.36. The highest BCUT2D eigenvalue weighted by Crippen LogP contribution is 2.35. The van der Waals surface area contributed by atoms with E-state index in [2.05, 4.69) is 30.0 Å². The molecule has 1 unspecified atom stereocenters. The first kappa shape index (κ1) is 24.8. The summed E-state index contributed by atoms with van der Waals surface area (Å²) >= 11 is 0. The predicted octanol–water partition coefficient (Wildman–Crippen LogP) is 2.89. The summed E-state index contributed by atoms with van der Waals surface area (Å²) in [4.78, 5) is 17.2. The van der Waals surface area contributed by atoms with E-state index in [1.54, 1.807) is 15.4 Å². The zero-order valence-corrected chi connectivity index (χ0v) is 20.9. The molecule has 0 saturated carbocycles. The number of aryl methyl sites for hydroxylation is 1. The molecule has 0 bridgehead atoms. The van der Waals surface area contributed by atoms with Crippen molar-refractivity contribution in [2.45, 2.75) is 12.0 Å². The maximum absolute atomic E-state index is 14.0. The van der Waals surface area contributed by atoms with E-state index in [0.29, 0.717) is 32.1 Å². The summed E-state index contributed by atoms with van der Waals surface area (Å²) in [5.41, 5.74) is -0.129. The van der Waals surface area contributed by atoms with Crippen LogP contribution in [0.5, 0.6) is 0 Å². The molecule has 1 aromatic carbocycles. The molecule has 0 spiro atoms. The third kappa shape index (κ3) is 4.44. The molecule has 200 valence electrons. The average molecular weight is 536 g/mol.